The minimum atomic E-state index is 0.142. The Morgan fingerprint density at radius 2 is 1.78 bits per heavy atom. The molecule has 3 heterocycles. The van der Waals surface area contributed by atoms with Crippen LogP contribution >= 0.6 is 12.1 Å². The van der Waals surface area contributed by atoms with Gasteiger partial charge < -0.3 is 23.8 Å². The van der Waals surface area contributed by atoms with Crippen molar-refractivity contribution in [1.29, 1.82) is 0 Å². The summed E-state index contributed by atoms with van der Waals surface area (Å²) in [6, 6.07) is 13.1. The highest BCUT2D eigenvalue weighted by atomic mass is 32.2. The zero-order valence-corrected chi connectivity index (χ0v) is 28.9. The number of likely N-dealkylation sites (N-methyl/N-ethyl adjacent to an activating group) is 1. The molecule has 2 fully saturated rings. The van der Waals surface area contributed by atoms with Crippen molar-refractivity contribution < 1.29 is 9.53 Å². The zero-order valence-electron chi connectivity index (χ0n) is 28.1. The molecule has 3 aromatic rings. The maximum atomic E-state index is 14.2. The number of aromatic nitrogens is 1. The molecule has 0 bridgehead atoms. The Morgan fingerprint density at radius 1 is 1.04 bits per heavy atom. The summed E-state index contributed by atoms with van der Waals surface area (Å²) in [5.41, 5.74) is 8.86. The van der Waals surface area contributed by atoms with E-state index in [1.54, 1.807) is 7.11 Å². The summed E-state index contributed by atoms with van der Waals surface area (Å²) in [6.07, 6.45) is 8.37. The van der Waals surface area contributed by atoms with Crippen LogP contribution in [0.25, 0.3) is 33.9 Å². The number of hydrogen-bond donors (Lipinski definition) is 1. The molecule has 0 atom stereocenters. The molecule has 2 aromatic carbocycles. The minimum absolute atomic E-state index is 0.142. The van der Waals surface area contributed by atoms with E-state index >= 15 is 0 Å². The molecule has 7 nitrogen and oxygen atoms in total. The Kier molecular flexibility index (Phi) is 11.0. The van der Waals surface area contributed by atoms with Crippen molar-refractivity contribution in [2.75, 3.05) is 53.9 Å². The fourth-order valence-corrected chi connectivity index (χ4v) is 7.45. The summed E-state index contributed by atoms with van der Waals surface area (Å²) in [5.74, 6) is 1.45. The number of carbonyl (C=O) groups is 1. The summed E-state index contributed by atoms with van der Waals surface area (Å²) in [6.45, 7) is 15.5. The maximum absolute atomic E-state index is 14.2. The second kappa shape index (κ2) is 14.9. The molecule has 1 N–H and O–H groups in total. The molecule has 1 aromatic heterocycles. The van der Waals surface area contributed by atoms with Crippen molar-refractivity contribution in [2.24, 2.45) is 0 Å². The fourth-order valence-electron chi connectivity index (χ4n) is 7.03. The quantitative estimate of drug-likeness (QED) is 0.259. The molecule has 1 saturated carbocycles. The first kappa shape index (κ1) is 33.2. The van der Waals surface area contributed by atoms with Gasteiger partial charge in [0, 0.05) is 66.0 Å². The van der Waals surface area contributed by atoms with E-state index in [4.69, 9.17) is 4.74 Å². The molecule has 0 radical (unpaired) electrons. The third-order valence-corrected chi connectivity index (χ3v) is 10.1. The summed E-state index contributed by atoms with van der Waals surface area (Å²) >= 11 is 1.52. The molecule has 3 aliphatic rings. The molecule has 8 heteroatoms. The molecule has 1 aliphatic carbocycles. The van der Waals surface area contributed by atoms with Gasteiger partial charge in [0.25, 0.3) is 5.91 Å². The first-order chi connectivity index (χ1) is 21.9. The molecule has 45 heavy (non-hydrogen) atoms. The normalized spacial score (nSPS) is 17.1. The average molecular weight is 630 g/mol. The highest BCUT2D eigenvalue weighted by Gasteiger charge is 2.32. The van der Waals surface area contributed by atoms with Gasteiger partial charge in [-0.25, -0.2) is 4.31 Å². The van der Waals surface area contributed by atoms with Gasteiger partial charge in [-0.05, 0) is 86.4 Å². The molecule has 1 amide bonds. The van der Waals surface area contributed by atoms with Crippen LogP contribution in [0.5, 0.6) is 5.75 Å². The third-order valence-electron chi connectivity index (χ3n) is 9.37. The van der Waals surface area contributed by atoms with Crippen LogP contribution in [0.1, 0.15) is 75.5 Å². The van der Waals surface area contributed by atoms with Crippen LogP contribution < -0.4 is 9.46 Å². The van der Waals surface area contributed by atoms with Gasteiger partial charge in [0.15, 0.2) is 0 Å². The number of benzene rings is 2. The van der Waals surface area contributed by atoms with E-state index in [1.807, 2.05) is 37.1 Å². The van der Waals surface area contributed by atoms with Gasteiger partial charge in [-0.15, -0.1) is 0 Å². The minimum Gasteiger partial charge on any atom is -0.497 e. The molecule has 0 unspecified atom stereocenters. The fraction of sp³-hybridized carbons (Fsp3) is 0.486. The predicted molar refractivity (Wildman–Crippen MR) is 191 cm³/mol. The van der Waals surface area contributed by atoms with Crippen molar-refractivity contribution in [2.45, 2.75) is 65.3 Å². The van der Waals surface area contributed by atoms with Gasteiger partial charge in [-0.1, -0.05) is 58.7 Å². The maximum Gasteiger partial charge on any atom is 0.251 e. The van der Waals surface area contributed by atoms with Gasteiger partial charge >= 0.3 is 0 Å². The standard InChI is InChI=1S/C35H45N5O2S.C2H6/c1-6-38-16-18-39(19-17-38)35(41)28-20-27-21-29(42-5)13-15-30(27)34-33(25-10-8-7-9-11-25)31-14-12-26(22-32(31)40(34)23-28)24(2)36-43-37(3)4;1-2/h12-15,20-22,25,36H,2,6-11,16-19,23H2,1,3-5H3;1-2H3. The Balaban J connectivity index is 0.00000196. The highest BCUT2D eigenvalue weighted by Crippen LogP contribution is 2.47. The number of piperazine rings is 1. The van der Waals surface area contributed by atoms with E-state index in [0.29, 0.717) is 12.5 Å². The van der Waals surface area contributed by atoms with E-state index < -0.39 is 0 Å². The second-order valence-corrected chi connectivity index (χ2v) is 13.4. The number of amides is 1. The van der Waals surface area contributed by atoms with Gasteiger partial charge in [-0.3, -0.25) is 4.79 Å². The van der Waals surface area contributed by atoms with Crippen molar-refractivity contribution in [3.8, 4) is 17.0 Å². The number of nitrogens with zero attached hydrogens (tertiary/aromatic N) is 4. The molecular weight excluding hydrogens is 579 g/mol. The molecule has 242 valence electrons. The predicted octanol–water partition coefficient (Wildman–Crippen LogP) is 7.64. The van der Waals surface area contributed by atoms with Crippen LogP contribution in [0.2, 0.25) is 0 Å². The molecule has 2 aliphatic heterocycles. The Morgan fingerprint density at radius 3 is 2.44 bits per heavy atom. The molecule has 6 rings (SSSR count). The van der Waals surface area contributed by atoms with Crippen molar-refractivity contribution >= 4 is 40.7 Å². The van der Waals surface area contributed by atoms with Crippen molar-refractivity contribution in [3.05, 3.63) is 65.2 Å². The van der Waals surface area contributed by atoms with Crippen molar-refractivity contribution in [3.63, 3.8) is 0 Å². The largest absolute Gasteiger partial charge is 0.497 e. The van der Waals surface area contributed by atoms with Crippen LogP contribution in [0.15, 0.2) is 48.6 Å². The van der Waals surface area contributed by atoms with E-state index in [-0.39, 0.29) is 5.91 Å². The summed E-state index contributed by atoms with van der Waals surface area (Å²) in [4.78, 5) is 18.7. The lowest BCUT2D eigenvalue weighted by atomic mass is 9.81. The summed E-state index contributed by atoms with van der Waals surface area (Å²) in [7, 11) is 5.73. The Bertz CT molecular complexity index is 1540. The molecule has 1 saturated heterocycles. The average Bonchev–Trinajstić information content (AvgIpc) is 3.30. The Labute approximate surface area is 274 Å². The zero-order chi connectivity index (χ0) is 32.1. The lowest BCUT2D eigenvalue weighted by molar-refractivity contribution is -0.128. The first-order valence-corrected chi connectivity index (χ1v) is 17.5. The second-order valence-electron chi connectivity index (χ2n) is 12.2. The number of carbonyl (C=O) groups excluding carboxylic acids is 1. The number of fused-ring (bicyclic) bond motifs is 5. The van der Waals surface area contributed by atoms with Crippen LogP contribution in [0.4, 0.5) is 0 Å². The van der Waals surface area contributed by atoms with Gasteiger partial charge in [0.05, 0.1) is 19.3 Å². The number of nitrogens with one attached hydrogen (secondary N) is 1. The first-order valence-electron chi connectivity index (χ1n) is 16.7. The van der Waals surface area contributed by atoms with Crippen LogP contribution in [0, 0.1) is 0 Å². The molecular formula is C37H51N5O2S. The number of methoxy groups -OCH3 is 1. The summed E-state index contributed by atoms with van der Waals surface area (Å²) < 4.78 is 13.5. The number of rotatable bonds is 8. The van der Waals surface area contributed by atoms with E-state index in [9.17, 15) is 4.79 Å². The van der Waals surface area contributed by atoms with Crippen LogP contribution in [0.3, 0.4) is 0 Å². The van der Waals surface area contributed by atoms with E-state index in [2.05, 4.69) is 70.2 Å². The summed E-state index contributed by atoms with van der Waals surface area (Å²) in [5, 5.41) is 1.30. The SMILES string of the molecule is C=C(NSN(C)C)c1ccc2c(C3CCCCC3)c3n(c2c1)CC(C(=O)N1CCN(CC)CC1)=Cc1cc(OC)ccc1-3.CC. The van der Waals surface area contributed by atoms with Gasteiger partial charge in [-0.2, -0.15) is 0 Å². The Hall–Kier alpha value is -3.20. The van der Waals surface area contributed by atoms with E-state index in [0.717, 1.165) is 60.9 Å². The smallest absolute Gasteiger partial charge is 0.251 e. The number of ether oxygens (including phenoxy) is 1. The van der Waals surface area contributed by atoms with Gasteiger partial charge in [0.1, 0.15) is 5.75 Å². The van der Waals surface area contributed by atoms with Crippen LogP contribution in [-0.2, 0) is 11.3 Å². The number of hydrogen-bond acceptors (Lipinski definition) is 6. The topological polar surface area (TPSA) is 53.0 Å². The third kappa shape index (κ3) is 6.98. The highest BCUT2D eigenvalue weighted by molar-refractivity contribution is 7.95. The lowest BCUT2D eigenvalue weighted by Crippen LogP contribution is -2.49. The van der Waals surface area contributed by atoms with Crippen LogP contribution in [-0.4, -0.2) is 78.5 Å². The van der Waals surface area contributed by atoms with E-state index in [1.165, 1.54) is 72.0 Å². The lowest BCUT2D eigenvalue weighted by Gasteiger charge is -2.34. The molecule has 0 spiro atoms. The van der Waals surface area contributed by atoms with Crippen molar-refractivity contribution in [1.82, 2.24) is 23.4 Å². The monoisotopic (exact) mass is 629 g/mol. The van der Waals surface area contributed by atoms with Gasteiger partial charge in [0.2, 0.25) is 0 Å².